The number of nitrogen functional groups attached to an aromatic ring is 1. The molecule has 0 bridgehead atoms. The molecular formula is C16H16ClF2NO3. The molecule has 0 amide bonds. The van der Waals surface area contributed by atoms with E-state index >= 15 is 0 Å². The van der Waals surface area contributed by atoms with Crippen LogP contribution in [0.3, 0.4) is 0 Å². The Morgan fingerprint density at radius 3 is 2.57 bits per heavy atom. The SMILES string of the molecule is COCCOc1ccc(F)c(F)c1COc1ccc(Cl)c(N)c1. The fourth-order valence-electron chi connectivity index (χ4n) is 1.85. The zero-order valence-electron chi connectivity index (χ0n) is 12.4. The van der Waals surface area contributed by atoms with Gasteiger partial charge in [-0.05, 0) is 24.3 Å². The second kappa shape index (κ2) is 7.99. The molecule has 2 rings (SSSR count). The lowest BCUT2D eigenvalue weighted by Crippen LogP contribution is -2.09. The van der Waals surface area contributed by atoms with Crippen LogP contribution >= 0.6 is 11.6 Å². The quantitative estimate of drug-likeness (QED) is 0.613. The van der Waals surface area contributed by atoms with Gasteiger partial charge in [0.2, 0.25) is 0 Å². The first-order valence-corrected chi connectivity index (χ1v) is 7.17. The number of hydrogen-bond acceptors (Lipinski definition) is 4. The summed E-state index contributed by atoms with van der Waals surface area (Å²) in [7, 11) is 1.52. The number of halogens is 3. The molecule has 0 heterocycles. The highest BCUT2D eigenvalue weighted by Crippen LogP contribution is 2.28. The van der Waals surface area contributed by atoms with Crippen molar-refractivity contribution in [1.29, 1.82) is 0 Å². The van der Waals surface area contributed by atoms with Crippen molar-refractivity contribution in [2.75, 3.05) is 26.1 Å². The molecule has 0 aliphatic carbocycles. The Morgan fingerprint density at radius 1 is 1.09 bits per heavy atom. The second-order valence-electron chi connectivity index (χ2n) is 4.65. The molecule has 0 unspecified atom stereocenters. The molecule has 7 heteroatoms. The third-order valence-corrected chi connectivity index (χ3v) is 3.39. The molecular weight excluding hydrogens is 328 g/mol. The smallest absolute Gasteiger partial charge is 0.169 e. The maximum absolute atomic E-state index is 14.0. The summed E-state index contributed by atoms with van der Waals surface area (Å²) in [6.07, 6.45) is 0. The summed E-state index contributed by atoms with van der Waals surface area (Å²) in [6, 6.07) is 7.00. The predicted octanol–water partition coefficient (Wildman–Crippen LogP) is 3.80. The van der Waals surface area contributed by atoms with E-state index in [4.69, 9.17) is 31.5 Å². The zero-order chi connectivity index (χ0) is 16.8. The van der Waals surface area contributed by atoms with Crippen molar-refractivity contribution in [3.63, 3.8) is 0 Å². The summed E-state index contributed by atoms with van der Waals surface area (Å²) >= 11 is 5.82. The van der Waals surface area contributed by atoms with Crippen molar-refractivity contribution in [3.05, 3.63) is 52.6 Å². The molecule has 0 atom stereocenters. The van der Waals surface area contributed by atoms with E-state index in [0.29, 0.717) is 23.1 Å². The number of anilines is 1. The summed E-state index contributed by atoms with van der Waals surface area (Å²) in [5.41, 5.74) is 5.98. The molecule has 2 N–H and O–H groups in total. The summed E-state index contributed by atoms with van der Waals surface area (Å²) in [4.78, 5) is 0. The molecule has 0 spiro atoms. The van der Waals surface area contributed by atoms with E-state index in [1.54, 1.807) is 12.1 Å². The minimum Gasteiger partial charge on any atom is -0.491 e. The molecule has 0 aliphatic heterocycles. The molecule has 0 aliphatic rings. The standard InChI is InChI=1S/C16H16ClF2NO3/c1-21-6-7-22-15-5-4-13(18)16(19)11(15)9-23-10-2-3-12(17)14(20)8-10/h2-5,8H,6-7,9,20H2,1H3. The van der Waals surface area contributed by atoms with Crippen LogP contribution in [0.15, 0.2) is 30.3 Å². The predicted molar refractivity (Wildman–Crippen MR) is 83.9 cm³/mol. The van der Waals surface area contributed by atoms with Gasteiger partial charge in [0.15, 0.2) is 11.6 Å². The fourth-order valence-corrected chi connectivity index (χ4v) is 1.96. The van der Waals surface area contributed by atoms with Gasteiger partial charge in [0.05, 0.1) is 22.9 Å². The van der Waals surface area contributed by atoms with Crippen LogP contribution < -0.4 is 15.2 Å². The molecule has 0 saturated carbocycles. The highest BCUT2D eigenvalue weighted by molar-refractivity contribution is 6.33. The van der Waals surface area contributed by atoms with Gasteiger partial charge in [0.1, 0.15) is 24.7 Å². The van der Waals surface area contributed by atoms with Gasteiger partial charge < -0.3 is 19.9 Å². The van der Waals surface area contributed by atoms with E-state index in [0.717, 1.165) is 6.07 Å². The minimum atomic E-state index is -1.01. The van der Waals surface area contributed by atoms with E-state index in [-0.39, 0.29) is 24.5 Å². The Bertz CT molecular complexity index is 683. The van der Waals surface area contributed by atoms with Crippen LogP contribution in [-0.2, 0) is 11.3 Å². The van der Waals surface area contributed by atoms with E-state index in [1.165, 1.54) is 19.2 Å². The highest BCUT2D eigenvalue weighted by atomic mass is 35.5. The Kier molecular flexibility index (Phi) is 6.01. The molecule has 0 radical (unpaired) electrons. The molecule has 4 nitrogen and oxygen atoms in total. The van der Waals surface area contributed by atoms with Gasteiger partial charge in [0, 0.05) is 13.2 Å². The number of ether oxygens (including phenoxy) is 3. The van der Waals surface area contributed by atoms with Crippen molar-refractivity contribution < 1.29 is 23.0 Å². The summed E-state index contributed by atoms with van der Waals surface area (Å²) in [6.45, 7) is 0.322. The summed E-state index contributed by atoms with van der Waals surface area (Å²) in [5, 5.41) is 0.387. The Balaban J connectivity index is 2.16. The van der Waals surface area contributed by atoms with Gasteiger partial charge in [-0.1, -0.05) is 11.6 Å². The first-order valence-electron chi connectivity index (χ1n) is 6.79. The Morgan fingerprint density at radius 2 is 1.87 bits per heavy atom. The van der Waals surface area contributed by atoms with Crippen LogP contribution in [0.2, 0.25) is 5.02 Å². The van der Waals surface area contributed by atoms with Crippen LogP contribution in [0.5, 0.6) is 11.5 Å². The van der Waals surface area contributed by atoms with Gasteiger partial charge in [0.25, 0.3) is 0 Å². The first kappa shape index (κ1) is 17.3. The van der Waals surface area contributed by atoms with Gasteiger partial charge >= 0.3 is 0 Å². The number of hydrogen-bond donors (Lipinski definition) is 1. The van der Waals surface area contributed by atoms with Crippen molar-refractivity contribution in [1.82, 2.24) is 0 Å². The molecule has 2 aromatic rings. The van der Waals surface area contributed by atoms with E-state index in [2.05, 4.69) is 0 Å². The third-order valence-electron chi connectivity index (χ3n) is 3.05. The van der Waals surface area contributed by atoms with Crippen molar-refractivity contribution >= 4 is 17.3 Å². The van der Waals surface area contributed by atoms with Crippen LogP contribution in [-0.4, -0.2) is 20.3 Å². The Labute approximate surface area is 137 Å². The lowest BCUT2D eigenvalue weighted by Gasteiger charge is -2.14. The largest absolute Gasteiger partial charge is 0.491 e. The summed E-state index contributed by atoms with van der Waals surface area (Å²) in [5.74, 6) is -1.40. The lowest BCUT2D eigenvalue weighted by molar-refractivity contribution is 0.144. The summed E-state index contributed by atoms with van der Waals surface area (Å²) < 4.78 is 43.1. The molecule has 0 fully saturated rings. The van der Waals surface area contributed by atoms with Gasteiger partial charge in [-0.2, -0.15) is 0 Å². The molecule has 124 valence electrons. The Hall–Kier alpha value is -2.05. The van der Waals surface area contributed by atoms with Gasteiger partial charge in [-0.25, -0.2) is 8.78 Å². The second-order valence-corrected chi connectivity index (χ2v) is 5.06. The lowest BCUT2D eigenvalue weighted by atomic mass is 10.2. The van der Waals surface area contributed by atoms with E-state index in [9.17, 15) is 8.78 Å². The number of nitrogens with two attached hydrogens (primary N) is 1. The van der Waals surface area contributed by atoms with Crippen molar-refractivity contribution in [2.24, 2.45) is 0 Å². The molecule has 2 aromatic carbocycles. The van der Waals surface area contributed by atoms with Crippen LogP contribution in [0.4, 0.5) is 14.5 Å². The van der Waals surface area contributed by atoms with Crippen LogP contribution in [0, 0.1) is 11.6 Å². The maximum atomic E-state index is 14.0. The zero-order valence-corrected chi connectivity index (χ0v) is 13.2. The number of methoxy groups -OCH3 is 1. The molecule has 0 saturated heterocycles. The normalized spacial score (nSPS) is 10.6. The third kappa shape index (κ3) is 4.46. The van der Waals surface area contributed by atoms with Crippen molar-refractivity contribution in [3.8, 4) is 11.5 Å². The first-order chi connectivity index (χ1) is 11.0. The van der Waals surface area contributed by atoms with E-state index < -0.39 is 11.6 Å². The number of benzene rings is 2. The van der Waals surface area contributed by atoms with Crippen LogP contribution in [0.1, 0.15) is 5.56 Å². The monoisotopic (exact) mass is 343 g/mol. The highest BCUT2D eigenvalue weighted by Gasteiger charge is 2.16. The van der Waals surface area contributed by atoms with Gasteiger partial charge in [-0.3, -0.25) is 0 Å². The van der Waals surface area contributed by atoms with E-state index in [1.807, 2.05) is 0 Å². The average Bonchev–Trinajstić information content (AvgIpc) is 2.53. The minimum absolute atomic E-state index is 0.0189. The number of rotatable bonds is 7. The van der Waals surface area contributed by atoms with Crippen LogP contribution in [0.25, 0.3) is 0 Å². The fraction of sp³-hybridized carbons (Fsp3) is 0.250. The molecule has 0 aromatic heterocycles. The maximum Gasteiger partial charge on any atom is 0.169 e. The van der Waals surface area contributed by atoms with Crippen molar-refractivity contribution in [2.45, 2.75) is 6.61 Å². The average molecular weight is 344 g/mol. The van der Waals surface area contributed by atoms with Gasteiger partial charge in [-0.15, -0.1) is 0 Å². The topological polar surface area (TPSA) is 53.7 Å². The molecule has 23 heavy (non-hydrogen) atoms.